The van der Waals surface area contributed by atoms with Crippen LogP contribution in [0.4, 0.5) is 8.78 Å². The number of hydrogen-bond acceptors (Lipinski definition) is 3. The Morgan fingerprint density at radius 2 is 1.85 bits per heavy atom. The van der Waals surface area contributed by atoms with E-state index in [-0.39, 0.29) is 30.2 Å². The molecule has 0 heterocycles. The first-order valence-corrected chi connectivity index (χ1v) is 7.10. The van der Waals surface area contributed by atoms with Gasteiger partial charge >= 0.3 is 0 Å². The summed E-state index contributed by atoms with van der Waals surface area (Å²) in [4.78, 5) is 0. The van der Waals surface area contributed by atoms with Crippen molar-refractivity contribution in [2.24, 2.45) is 11.7 Å². The minimum atomic E-state index is -2.44. The number of aliphatic hydroxyl groups excluding tert-OH is 1. The number of nitrogens with two attached hydrogens (primary N) is 1. The molecule has 0 aromatic heterocycles. The lowest BCUT2D eigenvalue weighted by Gasteiger charge is -2.26. The van der Waals surface area contributed by atoms with Gasteiger partial charge in [-0.05, 0) is 24.3 Å². The molecule has 0 aliphatic heterocycles. The molecule has 1 fully saturated rings. The molecule has 1 aromatic carbocycles. The van der Waals surface area contributed by atoms with E-state index in [1.807, 2.05) is 0 Å². The van der Waals surface area contributed by atoms with Crippen LogP contribution in [0.5, 0.6) is 0 Å². The van der Waals surface area contributed by atoms with Gasteiger partial charge in [0.1, 0.15) is 0 Å². The molecule has 4 N–H and O–H groups in total. The third kappa shape index (κ3) is 3.53. The lowest BCUT2D eigenvalue weighted by Crippen LogP contribution is -2.39. The number of aliphatic hydroxyl groups is 1. The fourth-order valence-corrected chi connectivity index (χ4v) is 2.91. The van der Waals surface area contributed by atoms with Gasteiger partial charge in [-0.25, -0.2) is 8.78 Å². The molecule has 112 valence electrons. The Morgan fingerprint density at radius 3 is 2.40 bits per heavy atom. The van der Waals surface area contributed by atoms with Crippen molar-refractivity contribution in [2.45, 2.75) is 37.8 Å². The van der Waals surface area contributed by atoms with E-state index in [1.165, 1.54) is 12.1 Å². The van der Waals surface area contributed by atoms with Gasteiger partial charge in [0.25, 0.3) is 6.43 Å². The Balaban J connectivity index is 2.04. The van der Waals surface area contributed by atoms with Gasteiger partial charge in [-0.1, -0.05) is 30.7 Å². The minimum absolute atomic E-state index is 0.0265. The van der Waals surface area contributed by atoms with E-state index < -0.39 is 6.43 Å². The van der Waals surface area contributed by atoms with Crippen LogP contribution in [-0.4, -0.2) is 24.3 Å². The molecular formula is C15H22F2N2O. The zero-order chi connectivity index (χ0) is 14.5. The number of alkyl halides is 2. The standard InChI is InChI=1S/C15H22F2N2O/c16-15(17)11-6-4-10(5-7-11)14(8-18)19-13-3-1-2-12(13)9-20/h4-7,12-15,19-20H,1-3,8-9,18H2. The van der Waals surface area contributed by atoms with Crippen LogP contribution in [0.15, 0.2) is 24.3 Å². The second kappa shape index (κ2) is 7.11. The maximum absolute atomic E-state index is 12.5. The Kier molecular flexibility index (Phi) is 5.46. The van der Waals surface area contributed by atoms with Gasteiger partial charge < -0.3 is 16.2 Å². The summed E-state index contributed by atoms with van der Waals surface area (Å²) in [6, 6.07) is 6.50. The molecule has 0 bridgehead atoms. The number of nitrogens with one attached hydrogen (secondary N) is 1. The summed E-state index contributed by atoms with van der Waals surface area (Å²) in [7, 11) is 0. The summed E-state index contributed by atoms with van der Waals surface area (Å²) in [5.74, 6) is 0.268. The van der Waals surface area contributed by atoms with Gasteiger partial charge in [-0.3, -0.25) is 0 Å². The van der Waals surface area contributed by atoms with Gasteiger partial charge in [0, 0.05) is 30.8 Å². The van der Waals surface area contributed by atoms with Crippen LogP contribution in [0.3, 0.4) is 0 Å². The van der Waals surface area contributed by atoms with Crippen LogP contribution >= 0.6 is 0 Å². The summed E-state index contributed by atoms with van der Waals surface area (Å²) in [5.41, 5.74) is 6.74. The summed E-state index contributed by atoms with van der Waals surface area (Å²) in [6.45, 7) is 0.585. The zero-order valence-electron chi connectivity index (χ0n) is 11.4. The highest BCUT2D eigenvalue weighted by Crippen LogP contribution is 2.28. The Morgan fingerprint density at radius 1 is 1.20 bits per heavy atom. The van der Waals surface area contributed by atoms with Crippen LogP contribution in [0.1, 0.15) is 42.9 Å². The van der Waals surface area contributed by atoms with Crippen LogP contribution in [0.2, 0.25) is 0 Å². The smallest absolute Gasteiger partial charge is 0.263 e. The Hall–Kier alpha value is -1.04. The van der Waals surface area contributed by atoms with E-state index in [0.29, 0.717) is 6.54 Å². The third-order valence-electron chi connectivity index (χ3n) is 4.14. The number of rotatable bonds is 6. The SMILES string of the molecule is NCC(NC1CCCC1CO)c1ccc(C(F)F)cc1. The molecule has 0 amide bonds. The van der Waals surface area contributed by atoms with Gasteiger partial charge in [0.2, 0.25) is 0 Å². The second-order valence-corrected chi connectivity index (χ2v) is 5.40. The van der Waals surface area contributed by atoms with Crippen molar-refractivity contribution in [2.75, 3.05) is 13.2 Å². The van der Waals surface area contributed by atoms with Crippen molar-refractivity contribution >= 4 is 0 Å². The summed E-state index contributed by atoms with van der Waals surface area (Å²) < 4.78 is 25.1. The topological polar surface area (TPSA) is 58.3 Å². The summed E-state index contributed by atoms with van der Waals surface area (Å²) in [5, 5.41) is 12.8. The van der Waals surface area contributed by atoms with Crippen LogP contribution in [0, 0.1) is 5.92 Å². The fourth-order valence-electron chi connectivity index (χ4n) is 2.91. The number of halogens is 2. The molecule has 0 radical (unpaired) electrons. The molecule has 1 aliphatic carbocycles. The van der Waals surface area contributed by atoms with E-state index in [2.05, 4.69) is 5.32 Å². The van der Waals surface area contributed by atoms with Crippen molar-refractivity contribution in [1.29, 1.82) is 0 Å². The first-order chi connectivity index (χ1) is 9.65. The minimum Gasteiger partial charge on any atom is -0.396 e. The lowest BCUT2D eigenvalue weighted by molar-refractivity contribution is 0.151. The third-order valence-corrected chi connectivity index (χ3v) is 4.14. The molecule has 20 heavy (non-hydrogen) atoms. The van der Waals surface area contributed by atoms with Gasteiger partial charge in [-0.2, -0.15) is 0 Å². The predicted molar refractivity (Wildman–Crippen MR) is 74.5 cm³/mol. The molecule has 3 unspecified atom stereocenters. The fraction of sp³-hybridized carbons (Fsp3) is 0.600. The quantitative estimate of drug-likeness (QED) is 0.751. The maximum Gasteiger partial charge on any atom is 0.263 e. The average Bonchev–Trinajstić information content (AvgIpc) is 2.92. The largest absolute Gasteiger partial charge is 0.396 e. The molecular weight excluding hydrogens is 262 g/mol. The Bertz CT molecular complexity index is 411. The van der Waals surface area contributed by atoms with Crippen LogP contribution in [0.25, 0.3) is 0 Å². The number of hydrogen-bond donors (Lipinski definition) is 3. The molecule has 3 atom stereocenters. The van der Waals surface area contributed by atoms with Crippen LogP contribution < -0.4 is 11.1 Å². The highest BCUT2D eigenvalue weighted by atomic mass is 19.3. The van der Waals surface area contributed by atoms with Gasteiger partial charge in [-0.15, -0.1) is 0 Å². The van der Waals surface area contributed by atoms with E-state index in [1.54, 1.807) is 12.1 Å². The van der Waals surface area contributed by atoms with E-state index in [4.69, 9.17) is 5.73 Å². The predicted octanol–water partition coefficient (Wildman–Crippen LogP) is 2.37. The average molecular weight is 284 g/mol. The van der Waals surface area contributed by atoms with Gasteiger partial charge in [0.05, 0.1) is 0 Å². The van der Waals surface area contributed by atoms with Crippen LogP contribution in [-0.2, 0) is 0 Å². The highest BCUT2D eigenvalue weighted by Gasteiger charge is 2.28. The maximum atomic E-state index is 12.5. The monoisotopic (exact) mass is 284 g/mol. The molecule has 1 aliphatic rings. The number of benzene rings is 1. The summed E-state index contributed by atoms with van der Waals surface area (Å²) >= 11 is 0. The Labute approximate surface area is 118 Å². The van der Waals surface area contributed by atoms with Crippen molar-refractivity contribution in [1.82, 2.24) is 5.32 Å². The van der Waals surface area contributed by atoms with E-state index >= 15 is 0 Å². The molecule has 1 saturated carbocycles. The summed E-state index contributed by atoms with van der Waals surface area (Å²) in [6.07, 6.45) is 0.707. The zero-order valence-corrected chi connectivity index (χ0v) is 11.4. The normalized spacial score (nSPS) is 24.2. The molecule has 5 heteroatoms. The second-order valence-electron chi connectivity index (χ2n) is 5.40. The molecule has 0 spiro atoms. The first kappa shape index (κ1) is 15.4. The van der Waals surface area contributed by atoms with E-state index in [0.717, 1.165) is 24.8 Å². The van der Waals surface area contributed by atoms with Gasteiger partial charge in [0.15, 0.2) is 0 Å². The van der Waals surface area contributed by atoms with Crippen molar-refractivity contribution < 1.29 is 13.9 Å². The molecule has 3 nitrogen and oxygen atoms in total. The van der Waals surface area contributed by atoms with Crippen molar-refractivity contribution in [3.8, 4) is 0 Å². The molecule has 1 aromatic rings. The van der Waals surface area contributed by atoms with Crippen molar-refractivity contribution in [3.63, 3.8) is 0 Å². The first-order valence-electron chi connectivity index (χ1n) is 7.10. The van der Waals surface area contributed by atoms with Crippen molar-refractivity contribution in [3.05, 3.63) is 35.4 Å². The highest BCUT2D eigenvalue weighted by molar-refractivity contribution is 5.26. The van der Waals surface area contributed by atoms with E-state index in [9.17, 15) is 13.9 Å². The molecule has 0 saturated heterocycles. The molecule has 2 rings (SSSR count). The lowest BCUT2D eigenvalue weighted by atomic mass is 10.00.